The van der Waals surface area contributed by atoms with Gasteiger partial charge in [0.25, 0.3) is 0 Å². The second-order valence-electron chi connectivity index (χ2n) is 23.2. The van der Waals surface area contributed by atoms with Gasteiger partial charge in [-0.3, -0.25) is 0 Å². The third kappa shape index (κ3) is 10.4. The normalized spacial score (nSPS) is 11.3. The maximum atomic E-state index is 2.48. The van der Waals surface area contributed by atoms with E-state index >= 15 is 0 Å². The summed E-state index contributed by atoms with van der Waals surface area (Å²) in [6.07, 6.45) is 0. The molecule has 0 aliphatic heterocycles. The van der Waals surface area contributed by atoms with E-state index in [1.807, 2.05) is 0 Å². The zero-order valence-corrected chi connectivity index (χ0v) is 50.1. The number of benzene rings is 16. The standard InChI is InChI=1S/C88H61N3/c1-8-24-62(25-9-1)69-47-56-80-84(59-69)85-60-70(64-40-49-78(50-41-64)91(75-38-20-7-21-39-75)79-55-42-63-26-22-23-29-68(63)58-79)48-57-81(85)88-86(67-45-53-77(54-46-67)90(73-34-16-5-17-35-73)74-36-18-6-19-37-74)82(65-27-10-2-11-28-65)61-83(87(80)88)66-43-51-76(52-44-66)89(71-30-12-3-13-31-71)72-32-14-4-15-33-72/h1-61H. The van der Waals surface area contributed by atoms with Crippen molar-refractivity contribution in [3.63, 3.8) is 0 Å². The molecule has 0 saturated heterocycles. The third-order valence-electron chi connectivity index (χ3n) is 17.8. The summed E-state index contributed by atoms with van der Waals surface area (Å²) in [7, 11) is 0. The van der Waals surface area contributed by atoms with E-state index in [2.05, 4.69) is 385 Å². The zero-order valence-electron chi connectivity index (χ0n) is 50.1. The van der Waals surface area contributed by atoms with Crippen LogP contribution in [0.3, 0.4) is 0 Å². The van der Waals surface area contributed by atoms with Crippen molar-refractivity contribution in [3.8, 4) is 55.6 Å². The van der Waals surface area contributed by atoms with Crippen molar-refractivity contribution >= 4 is 94.3 Å². The molecule has 0 atom stereocenters. The minimum atomic E-state index is 1.08. The third-order valence-corrected chi connectivity index (χ3v) is 17.8. The Morgan fingerprint density at radius 3 is 0.912 bits per heavy atom. The molecule has 3 heteroatoms. The number of nitrogens with zero attached hydrogens (tertiary/aromatic N) is 3. The first kappa shape index (κ1) is 54.4. The van der Waals surface area contributed by atoms with Crippen LogP contribution >= 0.6 is 0 Å². The first-order valence-electron chi connectivity index (χ1n) is 31.2. The minimum Gasteiger partial charge on any atom is -0.311 e. The summed E-state index contributed by atoms with van der Waals surface area (Å²) in [5.41, 5.74) is 21.4. The van der Waals surface area contributed by atoms with Crippen molar-refractivity contribution in [1.82, 2.24) is 0 Å². The molecule has 0 N–H and O–H groups in total. The Morgan fingerprint density at radius 2 is 0.462 bits per heavy atom. The van der Waals surface area contributed by atoms with Crippen LogP contribution in [0.4, 0.5) is 51.2 Å². The number of hydrogen-bond donors (Lipinski definition) is 0. The van der Waals surface area contributed by atoms with Gasteiger partial charge in [0.15, 0.2) is 0 Å². The SMILES string of the molecule is c1ccc(-c2ccc3c(c2)c2cc(-c4ccc(N(c5ccccc5)c5ccc6ccccc6c5)cc4)ccc2c2c(-c4ccc(N(c5ccccc5)c5ccccc5)cc4)c(-c4ccccc4)cc(-c4ccc(N(c5ccccc5)c5ccccc5)cc4)c32)cc1. The smallest absolute Gasteiger partial charge is 0.0468 e. The summed E-state index contributed by atoms with van der Waals surface area (Å²) in [5.74, 6) is 0. The van der Waals surface area contributed by atoms with Crippen molar-refractivity contribution in [2.45, 2.75) is 0 Å². The maximum Gasteiger partial charge on any atom is 0.0468 e. The Bertz CT molecular complexity index is 5140. The van der Waals surface area contributed by atoms with E-state index in [-0.39, 0.29) is 0 Å². The van der Waals surface area contributed by atoms with Crippen molar-refractivity contribution < 1.29 is 0 Å². The van der Waals surface area contributed by atoms with Gasteiger partial charge in [0, 0.05) is 51.2 Å². The molecule has 0 spiro atoms. The second-order valence-corrected chi connectivity index (χ2v) is 23.2. The van der Waals surface area contributed by atoms with Gasteiger partial charge in [-0.2, -0.15) is 0 Å². The molecule has 0 unspecified atom stereocenters. The molecule has 0 aliphatic rings. The average molecular weight is 1160 g/mol. The molecule has 0 saturated carbocycles. The highest BCUT2D eigenvalue weighted by atomic mass is 15.2. The molecule has 0 fully saturated rings. The topological polar surface area (TPSA) is 9.72 Å². The summed E-state index contributed by atoms with van der Waals surface area (Å²) >= 11 is 0. The lowest BCUT2D eigenvalue weighted by Gasteiger charge is -2.27. The minimum absolute atomic E-state index is 1.08. The molecule has 0 radical (unpaired) electrons. The fourth-order valence-electron chi connectivity index (χ4n) is 13.5. The van der Waals surface area contributed by atoms with Gasteiger partial charge >= 0.3 is 0 Å². The Morgan fingerprint density at radius 1 is 0.154 bits per heavy atom. The van der Waals surface area contributed by atoms with Gasteiger partial charge in [-0.15, -0.1) is 0 Å². The highest BCUT2D eigenvalue weighted by Crippen LogP contribution is 2.51. The van der Waals surface area contributed by atoms with E-state index < -0.39 is 0 Å². The summed E-state index contributed by atoms with van der Waals surface area (Å²) in [5, 5.41) is 9.60. The van der Waals surface area contributed by atoms with Gasteiger partial charge in [-0.05, 0) is 226 Å². The van der Waals surface area contributed by atoms with Crippen LogP contribution in [-0.4, -0.2) is 0 Å². The first-order valence-corrected chi connectivity index (χ1v) is 31.2. The molecular weight excluding hydrogens is 1100 g/mol. The predicted molar refractivity (Wildman–Crippen MR) is 388 cm³/mol. The molecule has 3 nitrogen and oxygen atoms in total. The van der Waals surface area contributed by atoms with E-state index in [0.29, 0.717) is 0 Å². The summed E-state index contributed by atoms with van der Waals surface area (Å²) < 4.78 is 0. The number of para-hydroxylation sites is 5. The highest BCUT2D eigenvalue weighted by molar-refractivity contribution is 6.33. The van der Waals surface area contributed by atoms with E-state index in [9.17, 15) is 0 Å². The molecule has 91 heavy (non-hydrogen) atoms. The lowest BCUT2D eigenvalue weighted by Crippen LogP contribution is -2.09. The van der Waals surface area contributed by atoms with Crippen LogP contribution in [-0.2, 0) is 0 Å². The summed E-state index contributed by atoms with van der Waals surface area (Å²) in [6, 6.07) is 135. The van der Waals surface area contributed by atoms with Crippen molar-refractivity contribution in [2.24, 2.45) is 0 Å². The first-order chi connectivity index (χ1) is 45.1. The number of fused-ring (bicyclic) bond motifs is 7. The molecule has 16 aromatic carbocycles. The van der Waals surface area contributed by atoms with Crippen molar-refractivity contribution in [3.05, 3.63) is 370 Å². The molecule has 16 aromatic rings. The zero-order chi connectivity index (χ0) is 60.5. The highest BCUT2D eigenvalue weighted by Gasteiger charge is 2.25. The molecule has 0 amide bonds. The Kier molecular flexibility index (Phi) is 14.3. The number of rotatable bonds is 14. The molecule has 0 heterocycles. The van der Waals surface area contributed by atoms with Crippen LogP contribution in [0.15, 0.2) is 370 Å². The van der Waals surface area contributed by atoms with Crippen molar-refractivity contribution in [2.75, 3.05) is 14.7 Å². The van der Waals surface area contributed by atoms with Crippen LogP contribution < -0.4 is 14.7 Å². The van der Waals surface area contributed by atoms with Gasteiger partial charge in [0.2, 0.25) is 0 Å². The second kappa shape index (κ2) is 23.9. The number of anilines is 9. The van der Waals surface area contributed by atoms with Gasteiger partial charge in [-0.1, -0.05) is 243 Å². The Hall–Kier alpha value is -12.0. The van der Waals surface area contributed by atoms with Gasteiger partial charge < -0.3 is 14.7 Å². The summed E-state index contributed by atoms with van der Waals surface area (Å²) in [4.78, 5) is 7.03. The van der Waals surface area contributed by atoms with Crippen LogP contribution in [0.25, 0.3) is 98.7 Å². The van der Waals surface area contributed by atoms with Gasteiger partial charge in [0.05, 0.1) is 0 Å². The molecule has 0 aromatic heterocycles. The van der Waals surface area contributed by atoms with E-state index in [0.717, 1.165) is 84.6 Å². The quantitative estimate of drug-likeness (QED) is 0.101. The fourth-order valence-corrected chi connectivity index (χ4v) is 13.5. The molecule has 0 aliphatic carbocycles. The van der Waals surface area contributed by atoms with Crippen LogP contribution in [0, 0.1) is 0 Å². The molecule has 16 rings (SSSR count). The van der Waals surface area contributed by atoms with E-state index in [4.69, 9.17) is 0 Å². The van der Waals surface area contributed by atoms with Gasteiger partial charge in [-0.25, -0.2) is 0 Å². The van der Waals surface area contributed by atoms with E-state index in [1.54, 1.807) is 0 Å². The van der Waals surface area contributed by atoms with E-state index in [1.165, 1.54) is 65.3 Å². The molecular formula is C88H61N3. The Labute approximate surface area is 531 Å². The van der Waals surface area contributed by atoms with Gasteiger partial charge in [0.1, 0.15) is 0 Å². The van der Waals surface area contributed by atoms with Crippen LogP contribution in [0.1, 0.15) is 0 Å². The average Bonchev–Trinajstić information content (AvgIpc) is 0.807. The maximum absolute atomic E-state index is 2.48. The summed E-state index contributed by atoms with van der Waals surface area (Å²) in [6.45, 7) is 0. The predicted octanol–water partition coefficient (Wildman–Crippen LogP) is 25.0. The van der Waals surface area contributed by atoms with Crippen LogP contribution in [0.2, 0.25) is 0 Å². The number of hydrogen-bond acceptors (Lipinski definition) is 3. The van der Waals surface area contributed by atoms with Crippen LogP contribution in [0.5, 0.6) is 0 Å². The monoisotopic (exact) mass is 1160 g/mol. The fraction of sp³-hybridized carbons (Fsp3) is 0. The molecule has 428 valence electrons. The Balaban J connectivity index is 0.943. The largest absolute Gasteiger partial charge is 0.311 e. The molecule has 0 bridgehead atoms. The van der Waals surface area contributed by atoms with Crippen molar-refractivity contribution in [1.29, 1.82) is 0 Å². The lowest BCUT2D eigenvalue weighted by atomic mass is 9.80. The lowest BCUT2D eigenvalue weighted by molar-refractivity contribution is 1.28.